The fourth-order valence-corrected chi connectivity index (χ4v) is 0.281. The third-order valence-electron chi connectivity index (χ3n) is 0.485. The highest BCUT2D eigenvalue weighted by molar-refractivity contribution is 5.85. The summed E-state index contributed by atoms with van der Waals surface area (Å²) >= 11 is 0. The monoisotopic (exact) mass is 127 g/mol. The Labute approximate surface area is 49.7 Å². The first-order chi connectivity index (χ1) is 2.77. The highest BCUT2D eigenvalue weighted by atomic mass is 35.5. The fraction of sp³-hybridized carbons (Fsp3) is 1.00. The summed E-state index contributed by atoms with van der Waals surface area (Å²) in [7, 11) is 1.73. The van der Waals surface area contributed by atoms with Gasteiger partial charge in [-0.15, -0.1) is 12.4 Å². The molecule has 0 rings (SSSR count). The molecule has 46 valence electrons. The maximum absolute atomic E-state index is 11.6. The second kappa shape index (κ2) is 6.18. The van der Waals surface area contributed by atoms with Gasteiger partial charge in [-0.2, -0.15) is 0 Å². The molecule has 0 aliphatic heterocycles. The number of hydrogen-bond acceptors (Lipinski definition) is 1. The van der Waals surface area contributed by atoms with Gasteiger partial charge in [0.2, 0.25) is 0 Å². The maximum Gasteiger partial charge on any atom is 0.110 e. The van der Waals surface area contributed by atoms with Crippen LogP contribution in [0.2, 0.25) is 0 Å². The zero-order valence-corrected chi connectivity index (χ0v) is 5.39. The molecule has 1 atom stereocenters. The third-order valence-corrected chi connectivity index (χ3v) is 0.485. The van der Waals surface area contributed by atoms with Crippen molar-refractivity contribution in [3.63, 3.8) is 0 Å². The SMILES string of the molecule is CNCC(C)F.Cl. The number of halogens is 2. The van der Waals surface area contributed by atoms with Crippen LogP contribution in [0.4, 0.5) is 4.39 Å². The summed E-state index contributed by atoms with van der Waals surface area (Å²) < 4.78 is 11.6. The van der Waals surface area contributed by atoms with Gasteiger partial charge in [0.15, 0.2) is 0 Å². The first-order valence-electron chi connectivity index (χ1n) is 2.06. The van der Waals surface area contributed by atoms with Crippen LogP contribution in [0.1, 0.15) is 6.92 Å². The smallest absolute Gasteiger partial charge is 0.110 e. The Morgan fingerprint density at radius 3 is 2.14 bits per heavy atom. The van der Waals surface area contributed by atoms with Gasteiger partial charge in [0.25, 0.3) is 0 Å². The summed E-state index contributed by atoms with van der Waals surface area (Å²) in [6.07, 6.45) is -0.713. The van der Waals surface area contributed by atoms with Crippen LogP contribution in [0.3, 0.4) is 0 Å². The Kier molecular flexibility index (Phi) is 9.02. The Bertz CT molecular complexity index is 32.9. The summed E-state index contributed by atoms with van der Waals surface area (Å²) in [4.78, 5) is 0. The molecule has 0 fully saturated rings. The molecular weight excluding hydrogens is 117 g/mol. The highest BCUT2D eigenvalue weighted by Crippen LogP contribution is 1.80. The molecule has 0 aliphatic carbocycles. The lowest BCUT2D eigenvalue weighted by molar-refractivity contribution is 0.353. The molecule has 0 heterocycles. The van der Waals surface area contributed by atoms with Crippen LogP contribution in [-0.4, -0.2) is 19.8 Å². The molecule has 7 heavy (non-hydrogen) atoms. The lowest BCUT2D eigenvalue weighted by atomic mass is 10.4. The summed E-state index contributed by atoms with van der Waals surface area (Å²) in [6, 6.07) is 0. The van der Waals surface area contributed by atoms with Gasteiger partial charge in [0.05, 0.1) is 0 Å². The van der Waals surface area contributed by atoms with Gasteiger partial charge < -0.3 is 5.32 Å². The zero-order valence-electron chi connectivity index (χ0n) is 4.57. The second-order valence-corrected chi connectivity index (χ2v) is 1.34. The summed E-state index contributed by atoms with van der Waals surface area (Å²) in [6.45, 7) is 1.98. The minimum absolute atomic E-state index is 0. The third kappa shape index (κ3) is 10.7. The lowest BCUT2D eigenvalue weighted by Gasteiger charge is -1.94. The van der Waals surface area contributed by atoms with E-state index in [4.69, 9.17) is 0 Å². The van der Waals surface area contributed by atoms with E-state index in [1.54, 1.807) is 7.05 Å². The van der Waals surface area contributed by atoms with Crippen molar-refractivity contribution in [2.75, 3.05) is 13.6 Å². The van der Waals surface area contributed by atoms with Gasteiger partial charge in [-0.3, -0.25) is 0 Å². The minimum atomic E-state index is -0.713. The molecule has 1 N–H and O–H groups in total. The molecule has 0 radical (unpaired) electrons. The maximum atomic E-state index is 11.6. The molecule has 0 saturated heterocycles. The van der Waals surface area contributed by atoms with Gasteiger partial charge in [0, 0.05) is 6.54 Å². The molecule has 0 aromatic heterocycles. The molecule has 3 heteroatoms. The fourth-order valence-electron chi connectivity index (χ4n) is 0.281. The Morgan fingerprint density at radius 1 is 1.71 bits per heavy atom. The summed E-state index contributed by atoms with van der Waals surface area (Å²) in [5.41, 5.74) is 0. The predicted octanol–water partition coefficient (Wildman–Crippen LogP) is 0.986. The molecule has 0 aliphatic rings. The van der Waals surface area contributed by atoms with Crippen molar-refractivity contribution < 1.29 is 4.39 Å². The molecular formula is C4H11ClFN. The van der Waals surface area contributed by atoms with E-state index in [1.165, 1.54) is 6.92 Å². The number of alkyl halides is 1. The number of rotatable bonds is 2. The normalized spacial score (nSPS) is 12.4. The largest absolute Gasteiger partial charge is 0.317 e. The minimum Gasteiger partial charge on any atom is -0.317 e. The van der Waals surface area contributed by atoms with Crippen LogP contribution in [0.15, 0.2) is 0 Å². The first-order valence-corrected chi connectivity index (χ1v) is 2.06. The van der Waals surface area contributed by atoms with Crippen LogP contribution in [-0.2, 0) is 0 Å². The summed E-state index contributed by atoms with van der Waals surface area (Å²) in [5.74, 6) is 0. The van der Waals surface area contributed by atoms with Crippen molar-refractivity contribution in [2.24, 2.45) is 0 Å². The van der Waals surface area contributed by atoms with E-state index in [2.05, 4.69) is 5.32 Å². The topological polar surface area (TPSA) is 12.0 Å². The van der Waals surface area contributed by atoms with E-state index >= 15 is 0 Å². The van der Waals surface area contributed by atoms with Crippen LogP contribution >= 0.6 is 12.4 Å². The predicted molar refractivity (Wildman–Crippen MR) is 31.7 cm³/mol. The molecule has 0 aromatic carbocycles. The molecule has 1 unspecified atom stereocenters. The molecule has 0 bridgehead atoms. The van der Waals surface area contributed by atoms with Gasteiger partial charge in [-0.1, -0.05) is 0 Å². The highest BCUT2D eigenvalue weighted by Gasteiger charge is 1.89. The van der Waals surface area contributed by atoms with Crippen molar-refractivity contribution in [3.05, 3.63) is 0 Å². The van der Waals surface area contributed by atoms with Crippen LogP contribution in [0, 0.1) is 0 Å². The standard InChI is InChI=1S/C4H10FN.ClH/c1-4(5)3-6-2;/h4,6H,3H2,1-2H3;1H. The van der Waals surface area contributed by atoms with E-state index in [1.807, 2.05) is 0 Å². The second-order valence-electron chi connectivity index (χ2n) is 1.34. The lowest BCUT2D eigenvalue weighted by Crippen LogP contribution is -2.16. The Hall–Kier alpha value is 0.180. The Balaban J connectivity index is 0. The number of nitrogens with one attached hydrogen (secondary N) is 1. The Morgan fingerprint density at radius 2 is 2.14 bits per heavy atom. The van der Waals surface area contributed by atoms with Crippen molar-refractivity contribution in [2.45, 2.75) is 13.1 Å². The average molecular weight is 128 g/mol. The van der Waals surface area contributed by atoms with Crippen molar-refractivity contribution in [3.8, 4) is 0 Å². The van der Waals surface area contributed by atoms with Gasteiger partial charge >= 0.3 is 0 Å². The van der Waals surface area contributed by atoms with E-state index < -0.39 is 6.17 Å². The van der Waals surface area contributed by atoms with Gasteiger partial charge in [-0.05, 0) is 14.0 Å². The van der Waals surface area contributed by atoms with E-state index in [9.17, 15) is 4.39 Å². The van der Waals surface area contributed by atoms with Crippen molar-refractivity contribution >= 4 is 12.4 Å². The van der Waals surface area contributed by atoms with E-state index in [0.717, 1.165) is 0 Å². The quantitative estimate of drug-likeness (QED) is 0.583. The zero-order chi connectivity index (χ0) is 4.99. The van der Waals surface area contributed by atoms with Gasteiger partial charge in [-0.25, -0.2) is 4.39 Å². The first kappa shape index (κ1) is 10.2. The van der Waals surface area contributed by atoms with Crippen molar-refractivity contribution in [1.29, 1.82) is 0 Å². The van der Waals surface area contributed by atoms with E-state index in [-0.39, 0.29) is 12.4 Å². The van der Waals surface area contributed by atoms with Gasteiger partial charge in [0.1, 0.15) is 6.17 Å². The van der Waals surface area contributed by atoms with Crippen LogP contribution in [0.25, 0.3) is 0 Å². The molecule has 0 aromatic rings. The van der Waals surface area contributed by atoms with Crippen molar-refractivity contribution in [1.82, 2.24) is 5.32 Å². The number of hydrogen-bond donors (Lipinski definition) is 1. The molecule has 0 amide bonds. The van der Waals surface area contributed by atoms with Crippen LogP contribution in [0.5, 0.6) is 0 Å². The summed E-state index contributed by atoms with van der Waals surface area (Å²) in [5, 5.41) is 2.69. The molecule has 1 nitrogen and oxygen atoms in total. The average Bonchev–Trinajstić information content (AvgIpc) is 1.35. The molecule has 0 saturated carbocycles. The van der Waals surface area contributed by atoms with Crippen LogP contribution < -0.4 is 5.32 Å². The van der Waals surface area contributed by atoms with E-state index in [0.29, 0.717) is 6.54 Å². The molecule has 0 spiro atoms.